The van der Waals surface area contributed by atoms with Crippen LogP contribution in [0, 0.1) is 0 Å². The predicted octanol–water partition coefficient (Wildman–Crippen LogP) is 1.70. The number of nitrogens with one attached hydrogen (secondary N) is 1. The van der Waals surface area contributed by atoms with Gasteiger partial charge in [-0.3, -0.25) is 4.79 Å². The fourth-order valence-corrected chi connectivity index (χ4v) is 1.04. The lowest BCUT2D eigenvalue weighted by Crippen LogP contribution is -2.15. The first-order valence-electron chi connectivity index (χ1n) is 4.95. The Hall–Kier alpha value is -1.47. The van der Waals surface area contributed by atoms with E-state index in [4.69, 9.17) is 5.73 Å². The van der Waals surface area contributed by atoms with Crippen molar-refractivity contribution < 1.29 is 18.3 Å². The molecule has 1 rings (SSSR count). The first-order valence-corrected chi connectivity index (χ1v) is 4.95. The Balaban J connectivity index is 0.00000289. The van der Waals surface area contributed by atoms with Gasteiger partial charge in [-0.15, -0.1) is 12.4 Å². The highest BCUT2D eigenvalue weighted by atomic mass is 35.5. The van der Waals surface area contributed by atoms with Gasteiger partial charge in [-0.05, 0) is 12.1 Å². The quantitative estimate of drug-likeness (QED) is 0.778. The molecule has 0 aliphatic carbocycles. The molecule has 102 valence electrons. The maximum absolute atomic E-state index is 11.7. The molecule has 8 heteroatoms. The summed E-state index contributed by atoms with van der Waals surface area (Å²) in [5, 5.41) is 2.53. The average Bonchev–Trinajstić information content (AvgIpc) is 2.27. The summed E-state index contributed by atoms with van der Waals surface area (Å²) in [4.78, 5) is 15.1. The second kappa shape index (κ2) is 8.60. The number of ether oxygens (including phenoxy) is 1. The average molecular weight is 282 g/mol. The number of rotatable bonds is 6. The number of pyridine rings is 1. The minimum absolute atomic E-state index is 0. The van der Waals surface area contributed by atoms with Gasteiger partial charge in [0.1, 0.15) is 12.4 Å². The molecule has 0 fully saturated rings. The third-order valence-electron chi connectivity index (χ3n) is 1.79. The maximum Gasteiger partial charge on any atom is 0.261 e. The Kier molecular flexibility index (Phi) is 7.89. The minimum Gasteiger partial charge on any atom is -0.384 e. The fraction of sp³-hybridized carbons (Fsp3) is 0.400. The molecule has 1 heterocycles. The van der Waals surface area contributed by atoms with Crippen LogP contribution in [0.4, 0.5) is 20.3 Å². The molecule has 1 aromatic heterocycles. The van der Waals surface area contributed by atoms with E-state index < -0.39 is 13.0 Å². The van der Waals surface area contributed by atoms with E-state index in [-0.39, 0.29) is 31.3 Å². The standard InChI is InChI=1S/C10H13F2N3O2.ClH/c11-8(12)6-17-4-3-10(16)15-7-1-2-9(13)14-5-7;/h1-2,5,8H,3-4,6H2,(H2,13,14)(H,15,16);1H. The molecular weight excluding hydrogens is 268 g/mol. The smallest absolute Gasteiger partial charge is 0.261 e. The largest absolute Gasteiger partial charge is 0.384 e. The molecule has 0 saturated heterocycles. The van der Waals surface area contributed by atoms with Crippen LogP contribution in [0.1, 0.15) is 6.42 Å². The second-order valence-electron chi connectivity index (χ2n) is 3.24. The summed E-state index contributed by atoms with van der Waals surface area (Å²) in [5.41, 5.74) is 5.87. The molecule has 0 aliphatic rings. The summed E-state index contributed by atoms with van der Waals surface area (Å²) in [7, 11) is 0. The number of carbonyl (C=O) groups is 1. The Morgan fingerprint density at radius 3 is 2.78 bits per heavy atom. The Bertz CT molecular complexity index is 363. The molecule has 0 atom stereocenters. The molecule has 0 aliphatic heterocycles. The number of carbonyl (C=O) groups excluding carboxylic acids is 1. The van der Waals surface area contributed by atoms with Crippen LogP contribution >= 0.6 is 12.4 Å². The number of hydrogen-bond donors (Lipinski definition) is 2. The Morgan fingerprint density at radius 1 is 1.50 bits per heavy atom. The summed E-state index contributed by atoms with van der Waals surface area (Å²) in [6, 6.07) is 3.14. The Morgan fingerprint density at radius 2 is 2.22 bits per heavy atom. The zero-order chi connectivity index (χ0) is 12.7. The van der Waals surface area contributed by atoms with Crippen LogP contribution in [0.25, 0.3) is 0 Å². The third-order valence-corrected chi connectivity index (χ3v) is 1.79. The van der Waals surface area contributed by atoms with E-state index >= 15 is 0 Å². The lowest BCUT2D eigenvalue weighted by molar-refractivity contribution is -0.117. The normalized spacial score (nSPS) is 9.94. The molecule has 0 spiro atoms. The zero-order valence-electron chi connectivity index (χ0n) is 9.44. The van der Waals surface area contributed by atoms with Gasteiger partial charge in [-0.2, -0.15) is 0 Å². The summed E-state index contributed by atoms with van der Waals surface area (Å²) < 4.78 is 28.0. The molecule has 5 nitrogen and oxygen atoms in total. The topological polar surface area (TPSA) is 77.2 Å². The highest BCUT2D eigenvalue weighted by Gasteiger charge is 2.05. The number of nitrogens with two attached hydrogens (primary N) is 1. The van der Waals surface area contributed by atoms with Gasteiger partial charge in [-0.1, -0.05) is 0 Å². The SMILES string of the molecule is Cl.Nc1ccc(NC(=O)CCOCC(F)F)cn1. The van der Waals surface area contributed by atoms with Crippen molar-refractivity contribution in [1.29, 1.82) is 0 Å². The van der Waals surface area contributed by atoms with Crippen molar-refractivity contribution >= 4 is 29.8 Å². The van der Waals surface area contributed by atoms with Crippen LogP contribution in [0.5, 0.6) is 0 Å². The van der Waals surface area contributed by atoms with Gasteiger partial charge in [-0.25, -0.2) is 13.8 Å². The van der Waals surface area contributed by atoms with Crippen molar-refractivity contribution in [3.63, 3.8) is 0 Å². The van der Waals surface area contributed by atoms with E-state index in [9.17, 15) is 13.6 Å². The van der Waals surface area contributed by atoms with Crippen molar-refractivity contribution in [2.75, 3.05) is 24.3 Å². The Labute approximate surface area is 109 Å². The van der Waals surface area contributed by atoms with Gasteiger partial charge in [0.2, 0.25) is 5.91 Å². The van der Waals surface area contributed by atoms with E-state index in [0.29, 0.717) is 11.5 Å². The summed E-state index contributed by atoms with van der Waals surface area (Å²) in [6.07, 6.45) is -1.09. The summed E-state index contributed by atoms with van der Waals surface area (Å²) in [5.74, 6) is 0.0223. The highest BCUT2D eigenvalue weighted by molar-refractivity contribution is 5.90. The number of nitrogen functional groups attached to an aromatic ring is 1. The van der Waals surface area contributed by atoms with Crippen molar-refractivity contribution in [3.05, 3.63) is 18.3 Å². The van der Waals surface area contributed by atoms with Crippen LogP contribution in [-0.2, 0) is 9.53 Å². The van der Waals surface area contributed by atoms with Gasteiger partial charge in [0, 0.05) is 0 Å². The van der Waals surface area contributed by atoms with Crippen LogP contribution in [0.2, 0.25) is 0 Å². The minimum atomic E-state index is -2.51. The van der Waals surface area contributed by atoms with E-state index in [0.717, 1.165) is 0 Å². The predicted molar refractivity (Wildman–Crippen MR) is 66.0 cm³/mol. The third kappa shape index (κ3) is 6.97. The van der Waals surface area contributed by atoms with Gasteiger partial charge in [0.25, 0.3) is 6.43 Å². The van der Waals surface area contributed by atoms with Gasteiger partial charge in [0.15, 0.2) is 0 Å². The fourth-order valence-electron chi connectivity index (χ4n) is 1.04. The van der Waals surface area contributed by atoms with Crippen LogP contribution in [0.3, 0.4) is 0 Å². The highest BCUT2D eigenvalue weighted by Crippen LogP contribution is 2.07. The van der Waals surface area contributed by atoms with Crippen molar-refractivity contribution in [1.82, 2.24) is 4.98 Å². The van der Waals surface area contributed by atoms with Crippen molar-refractivity contribution in [3.8, 4) is 0 Å². The maximum atomic E-state index is 11.7. The molecule has 3 N–H and O–H groups in total. The van der Waals surface area contributed by atoms with E-state index in [1.54, 1.807) is 12.1 Å². The van der Waals surface area contributed by atoms with Crippen molar-refractivity contribution in [2.45, 2.75) is 12.8 Å². The number of aromatic nitrogens is 1. The first-order chi connectivity index (χ1) is 8.08. The van der Waals surface area contributed by atoms with Crippen LogP contribution in [0.15, 0.2) is 18.3 Å². The number of hydrogen-bond acceptors (Lipinski definition) is 4. The van der Waals surface area contributed by atoms with E-state index in [1.165, 1.54) is 6.20 Å². The van der Waals surface area contributed by atoms with Crippen LogP contribution in [-0.4, -0.2) is 30.5 Å². The molecule has 0 radical (unpaired) electrons. The lowest BCUT2D eigenvalue weighted by Gasteiger charge is -2.05. The van der Waals surface area contributed by atoms with Gasteiger partial charge < -0.3 is 15.8 Å². The monoisotopic (exact) mass is 281 g/mol. The molecule has 1 amide bonds. The number of alkyl halides is 2. The van der Waals surface area contributed by atoms with Gasteiger partial charge >= 0.3 is 0 Å². The molecule has 0 aromatic carbocycles. The lowest BCUT2D eigenvalue weighted by atomic mass is 10.3. The molecule has 0 bridgehead atoms. The van der Waals surface area contributed by atoms with E-state index in [1.807, 2.05) is 0 Å². The van der Waals surface area contributed by atoms with Crippen LogP contribution < -0.4 is 11.1 Å². The molecule has 1 aromatic rings. The zero-order valence-corrected chi connectivity index (χ0v) is 10.3. The van der Waals surface area contributed by atoms with Crippen molar-refractivity contribution in [2.24, 2.45) is 0 Å². The molecule has 0 unspecified atom stereocenters. The molecule has 18 heavy (non-hydrogen) atoms. The molecule has 0 saturated carbocycles. The number of nitrogens with zero attached hydrogens (tertiary/aromatic N) is 1. The van der Waals surface area contributed by atoms with Gasteiger partial charge in [0.05, 0.1) is 24.9 Å². The summed E-state index contributed by atoms with van der Waals surface area (Å²) in [6.45, 7) is -0.699. The second-order valence-corrected chi connectivity index (χ2v) is 3.24. The van der Waals surface area contributed by atoms with E-state index in [2.05, 4.69) is 15.0 Å². The number of halogens is 3. The number of amides is 1. The molecular formula is C10H14ClF2N3O2. The number of anilines is 2. The first kappa shape index (κ1) is 16.5. The summed E-state index contributed by atoms with van der Waals surface area (Å²) >= 11 is 0.